The molecule has 0 aliphatic heterocycles. The number of fused-ring (bicyclic) bond motifs is 1. The molecule has 0 unspecified atom stereocenters. The van der Waals surface area contributed by atoms with Crippen LogP contribution in [0.5, 0.6) is 0 Å². The Morgan fingerprint density at radius 3 is 2.71 bits per heavy atom. The molecule has 0 atom stereocenters. The fourth-order valence-electron chi connectivity index (χ4n) is 2.18. The molecule has 0 aliphatic rings. The average Bonchev–Trinajstić information content (AvgIpc) is 2.54. The molecule has 0 spiro atoms. The summed E-state index contributed by atoms with van der Waals surface area (Å²) in [4.78, 5) is 27.4. The van der Waals surface area contributed by atoms with Gasteiger partial charge in [0.15, 0.2) is 0 Å². The van der Waals surface area contributed by atoms with Crippen LogP contribution in [-0.2, 0) is 0 Å². The number of nitrogens with zero attached hydrogens (tertiary/aromatic N) is 1. The van der Waals surface area contributed by atoms with Crippen molar-refractivity contribution in [3.8, 4) is 0 Å². The number of carbonyl (C=O) groups excluding carboxylic acids is 2. The van der Waals surface area contributed by atoms with Crippen molar-refractivity contribution < 1.29 is 9.59 Å². The molecule has 21 heavy (non-hydrogen) atoms. The first-order chi connectivity index (χ1) is 10.3. The minimum absolute atomic E-state index is 0.248. The van der Waals surface area contributed by atoms with Crippen LogP contribution in [0.4, 0.5) is 5.69 Å². The van der Waals surface area contributed by atoms with E-state index in [4.69, 9.17) is 0 Å². The lowest BCUT2D eigenvalue weighted by Crippen LogP contribution is -2.12. The van der Waals surface area contributed by atoms with E-state index in [9.17, 15) is 9.59 Å². The Balaban J connectivity index is 1.95. The van der Waals surface area contributed by atoms with E-state index in [1.54, 1.807) is 36.5 Å². The minimum Gasteiger partial charge on any atom is -0.322 e. The summed E-state index contributed by atoms with van der Waals surface area (Å²) in [6.07, 6.45) is 2.40. The van der Waals surface area contributed by atoms with Crippen LogP contribution in [0.1, 0.15) is 20.7 Å². The number of benzene rings is 2. The minimum atomic E-state index is -0.248. The van der Waals surface area contributed by atoms with Crippen LogP contribution in [0.25, 0.3) is 10.9 Å². The van der Waals surface area contributed by atoms with E-state index in [1.807, 2.05) is 24.3 Å². The second-order valence-corrected chi connectivity index (χ2v) is 4.58. The molecule has 1 N–H and O–H groups in total. The topological polar surface area (TPSA) is 59.1 Å². The Kier molecular flexibility index (Phi) is 3.43. The number of hydrogen-bond acceptors (Lipinski definition) is 3. The highest BCUT2D eigenvalue weighted by atomic mass is 16.1. The molecule has 3 aromatic rings. The Morgan fingerprint density at radius 2 is 1.86 bits per heavy atom. The number of anilines is 1. The smallest absolute Gasteiger partial charge is 0.257 e. The molecule has 1 amide bonds. The van der Waals surface area contributed by atoms with E-state index in [0.717, 1.165) is 11.7 Å². The number of nitrogens with one attached hydrogen (secondary N) is 1. The second kappa shape index (κ2) is 5.54. The maximum absolute atomic E-state index is 12.4. The van der Waals surface area contributed by atoms with Gasteiger partial charge in [0.05, 0.1) is 11.1 Å². The number of aldehydes is 1. The molecular weight excluding hydrogens is 264 g/mol. The van der Waals surface area contributed by atoms with Gasteiger partial charge in [-0.1, -0.05) is 30.3 Å². The van der Waals surface area contributed by atoms with Crippen LogP contribution in [0, 0.1) is 0 Å². The predicted octanol–water partition coefficient (Wildman–Crippen LogP) is 3.30. The standard InChI is InChI=1S/C17H12N2O2/c20-11-12-4-1-7-14(10-12)19-17(21)15-8-2-5-13-6-3-9-18-16(13)15/h1-11H,(H,19,21). The van der Waals surface area contributed by atoms with E-state index in [0.29, 0.717) is 22.3 Å². The summed E-state index contributed by atoms with van der Waals surface area (Å²) >= 11 is 0. The van der Waals surface area contributed by atoms with E-state index < -0.39 is 0 Å². The van der Waals surface area contributed by atoms with Gasteiger partial charge in [0.2, 0.25) is 0 Å². The molecule has 4 heteroatoms. The molecule has 0 bridgehead atoms. The molecule has 1 aromatic heterocycles. The lowest BCUT2D eigenvalue weighted by Gasteiger charge is -2.07. The zero-order valence-corrected chi connectivity index (χ0v) is 11.1. The monoisotopic (exact) mass is 276 g/mol. The molecule has 4 nitrogen and oxygen atoms in total. The maximum Gasteiger partial charge on any atom is 0.257 e. The van der Waals surface area contributed by atoms with Gasteiger partial charge in [-0.15, -0.1) is 0 Å². The van der Waals surface area contributed by atoms with Crippen LogP contribution in [0.2, 0.25) is 0 Å². The Morgan fingerprint density at radius 1 is 1.05 bits per heavy atom. The third-order valence-electron chi connectivity index (χ3n) is 3.16. The number of carbonyl (C=O) groups is 2. The molecule has 0 fully saturated rings. The fourth-order valence-corrected chi connectivity index (χ4v) is 2.18. The molecule has 0 radical (unpaired) electrons. The van der Waals surface area contributed by atoms with Crippen molar-refractivity contribution in [2.45, 2.75) is 0 Å². The van der Waals surface area contributed by atoms with Gasteiger partial charge in [0.1, 0.15) is 6.29 Å². The SMILES string of the molecule is O=Cc1cccc(NC(=O)c2cccc3cccnc23)c1. The van der Waals surface area contributed by atoms with Crippen molar-refractivity contribution in [2.24, 2.45) is 0 Å². The highest BCUT2D eigenvalue weighted by Crippen LogP contribution is 2.18. The van der Waals surface area contributed by atoms with Crippen LogP contribution in [0.15, 0.2) is 60.8 Å². The summed E-state index contributed by atoms with van der Waals surface area (Å²) in [5, 5.41) is 3.70. The number of aromatic nitrogens is 1. The van der Waals surface area contributed by atoms with Gasteiger partial charge in [0, 0.05) is 22.8 Å². The Bertz CT molecular complexity index is 822. The molecule has 3 rings (SSSR count). The summed E-state index contributed by atoms with van der Waals surface area (Å²) in [5.41, 5.74) is 2.26. The first kappa shape index (κ1) is 13.0. The quantitative estimate of drug-likeness (QED) is 0.747. The maximum atomic E-state index is 12.4. The molecule has 0 aliphatic carbocycles. The van der Waals surface area contributed by atoms with Crippen molar-refractivity contribution >= 4 is 28.8 Å². The van der Waals surface area contributed by atoms with Gasteiger partial charge in [-0.2, -0.15) is 0 Å². The van der Waals surface area contributed by atoms with Gasteiger partial charge in [-0.3, -0.25) is 14.6 Å². The number of amides is 1. The molecule has 2 aromatic carbocycles. The van der Waals surface area contributed by atoms with Crippen LogP contribution < -0.4 is 5.32 Å². The van der Waals surface area contributed by atoms with E-state index in [1.165, 1.54) is 0 Å². The van der Waals surface area contributed by atoms with Crippen LogP contribution >= 0.6 is 0 Å². The second-order valence-electron chi connectivity index (χ2n) is 4.58. The van der Waals surface area contributed by atoms with Crippen LogP contribution in [0.3, 0.4) is 0 Å². The van der Waals surface area contributed by atoms with E-state index >= 15 is 0 Å². The predicted molar refractivity (Wildman–Crippen MR) is 81.5 cm³/mol. The van der Waals surface area contributed by atoms with Crippen molar-refractivity contribution in [3.63, 3.8) is 0 Å². The normalized spacial score (nSPS) is 10.3. The van der Waals surface area contributed by atoms with Crippen molar-refractivity contribution in [2.75, 3.05) is 5.32 Å². The number of para-hydroxylation sites is 1. The van der Waals surface area contributed by atoms with Gasteiger partial charge in [0.25, 0.3) is 5.91 Å². The third kappa shape index (κ3) is 2.65. The van der Waals surface area contributed by atoms with Crippen molar-refractivity contribution in [1.29, 1.82) is 0 Å². The van der Waals surface area contributed by atoms with Crippen molar-refractivity contribution in [3.05, 3.63) is 71.9 Å². The summed E-state index contributed by atoms with van der Waals surface area (Å²) in [6, 6.07) is 16.0. The molecule has 0 saturated carbocycles. The molecule has 1 heterocycles. The molecule has 0 saturated heterocycles. The number of rotatable bonds is 3. The van der Waals surface area contributed by atoms with Gasteiger partial charge >= 0.3 is 0 Å². The first-order valence-electron chi connectivity index (χ1n) is 6.48. The number of pyridine rings is 1. The largest absolute Gasteiger partial charge is 0.322 e. The summed E-state index contributed by atoms with van der Waals surface area (Å²) < 4.78 is 0. The van der Waals surface area contributed by atoms with E-state index in [-0.39, 0.29) is 5.91 Å². The van der Waals surface area contributed by atoms with Crippen LogP contribution in [-0.4, -0.2) is 17.2 Å². The van der Waals surface area contributed by atoms with Gasteiger partial charge in [-0.25, -0.2) is 0 Å². The Labute approximate surface area is 121 Å². The van der Waals surface area contributed by atoms with E-state index in [2.05, 4.69) is 10.3 Å². The van der Waals surface area contributed by atoms with Gasteiger partial charge in [-0.05, 0) is 24.3 Å². The molecule has 102 valence electrons. The first-order valence-corrected chi connectivity index (χ1v) is 6.48. The zero-order chi connectivity index (χ0) is 14.7. The third-order valence-corrected chi connectivity index (χ3v) is 3.16. The summed E-state index contributed by atoms with van der Waals surface area (Å²) in [5.74, 6) is -0.248. The Hall–Kier alpha value is -3.01. The molecular formula is C17H12N2O2. The number of hydrogen-bond donors (Lipinski definition) is 1. The average molecular weight is 276 g/mol. The van der Waals surface area contributed by atoms with Gasteiger partial charge < -0.3 is 5.32 Å². The summed E-state index contributed by atoms with van der Waals surface area (Å²) in [7, 11) is 0. The summed E-state index contributed by atoms with van der Waals surface area (Å²) in [6.45, 7) is 0. The highest BCUT2D eigenvalue weighted by molar-refractivity contribution is 6.11. The van der Waals surface area contributed by atoms with Crippen molar-refractivity contribution in [1.82, 2.24) is 4.98 Å². The highest BCUT2D eigenvalue weighted by Gasteiger charge is 2.11. The fraction of sp³-hybridized carbons (Fsp3) is 0. The zero-order valence-electron chi connectivity index (χ0n) is 11.1. The lowest BCUT2D eigenvalue weighted by molar-refractivity contribution is 0.102. The lowest BCUT2D eigenvalue weighted by atomic mass is 10.1.